The van der Waals surface area contributed by atoms with Crippen molar-refractivity contribution >= 4 is 17.5 Å². The molecular weight excluding hydrogens is 365 g/mol. The fraction of sp³-hybridized carbons (Fsp3) is 0.222. The highest BCUT2D eigenvalue weighted by Gasteiger charge is 2.28. The summed E-state index contributed by atoms with van der Waals surface area (Å²) in [6, 6.07) is 10.2. The second kappa shape index (κ2) is 8.43. The van der Waals surface area contributed by atoms with E-state index in [1.807, 2.05) is 0 Å². The highest BCUT2D eigenvalue weighted by Crippen LogP contribution is 2.28. The van der Waals surface area contributed by atoms with Crippen molar-refractivity contribution in [1.29, 1.82) is 0 Å². The summed E-state index contributed by atoms with van der Waals surface area (Å²) in [4.78, 5) is 24.5. The fourth-order valence-electron chi connectivity index (χ4n) is 2.24. The molecule has 2 aromatic carbocycles. The lowest BCUT2D eigenvalue weighted by Gasteiger charge is -2.13. The van der Waals surface area contributed by atoms with E-state index in [2.05, 4.69) is 5.32 Å². The molecule has 0 saturated heterocycles. The number of carbonyl (C=O) groups is 2. The molecular formula is C18H17F3N2O4. The van der Waals surface area contributed by atoms with Gasteiger partial charge in [-0.25, -0.2) is 0 Å². The first kappa shape index (κ1) is 20.1. The van der Waals surface area contributed by atoms with Crippen LogP contribution in [0.5, 0.6) is 11.5 Å². The number of nitrogens with one attached hydrogen (secondary N) is 2. The molecule has 0 radical (unpaired) electrons. The summed E-state index contributed by atoms with van der Waals surface area (Å²) in [6.45, 7) is -1.47. The minimum atomic E-state index is -4.53. The minimum Gasteiger partial charge on any atom is -0.493 e. The van der Waals surface area contributed by atoms with E-state index >= 15 is 0 Å². The monoisotopic (exact) mass is 382 g/mol. The Hall–Kier alpha value is -3.23. The maximum atomic E-state index is 12.5. The molecule has 2 rings (SSSR count). The Balaban J connectivity index is 2.20. The highest BCUT2D eigenvalue weighted by molar-refractivity contribution is 6.09. The van der Waals surface area contributed by atoms with Crippen molar-refractivity contribution < 1.29 is 32.2 Å². The quantitative estimate of drug-likeness (QED) is 0.804. The van der Waals surface area contributed by atoms with Gasteiger partial charge < -0.3 is 20.1 Å². The molecule has 0 atom stereocenters. The molecule has 0 heterocycles. The van der Waals surface area contributed by atoms with Crippen molar-refractivity contribution in [2.75, 3.05) is 26.1 Å². The Morgan fingerprint density at radius 3 is 2.26 bits per heavy atom. The standard InChI is InChI=1S/C18H17F3N2O4/c1-26-14-8-7-11(9-15(14)27-2)16(24)23-13-6-4-3-5-12(13)17(25)22-10-18(19,20)21/h3-9H,10H2,1-2H3,(H,22,25)(H,23,24). The third-order valence-electron chi connectivity index (χ3n) is 3.52. The zero-order chi connectivity index (χ0) is 20.0. The zero-order valence-corrected chi connectivity index (χ0v) is 14.5. The van der Waals surface area contributed by atoms with Crippen LogP contribution in [0.1, 0.15) is 20.7 Å². The first-order chi connectivity index (χ1) is 12.7. The van der Waals surface area contributed by atoms with Gasteiger partial charge in [-0.2, -0.15) is 13.2 Å². The molecule has 0 spiro atoms. The molecule has 2 amide bonds. The topological polar surface area (TPSA) is 76.7 Å². The van der Waals surface area contributed by atoms with Crippen molar-refractivity contribution in [3.8, 4) is 11.5 Å². The average molecular weight is 382 g/mol. The maximum Gasteiger partial charge on any atom is 0.405 e. The predicted octanol–water partition coefficient (Wildman–Crippen LogP) is 3.25. The van der Waals surface area contributed by atoms with Gasteiger partial charge in [-0.1, -0.05) is 12.1 Å². The number of anilines is 1. The molecule has 0 aliphatic carbocycles. The lowest BCUT2D eigenvalue weighted by molar-refractivity contribution is -0.123. The number of methoxy groups -OCH3 is 2. The van der Waals surface area contributed by atoms with E-state index in [0.717, 1.165) is 0 Å². The number of rotatable bonds is 6. The predicted molar refractivity (Wildman–Crippen MR) is 92.3 cm³/mol. The lowest BCUT2D eigenvalue weighted by Crippen LogP contribution is -2.34. The van der Waals surface area contributed by atoms with Crippen molar-refractivity contribution in [3.05, 3.63) is 53.6 Å². The van der Waals surface area contributed by atoms with E-state index in [4.69, 9.17) is 9.47 Å². The van der Waals surface area contributed by atoms with Crippen LogP contribution in [-0.4, -0.2) is 38.8 Å². The van der Waals surface area contributed by atoms with Gasteiger partial charge in [0.2, 0.25) is 0 Å². The third-order valence-corrected chi connectivity index (χ3v) is 3.52. The number of hydrogen-bond donors (Lipinski definition) is 2. The van der Waals surface area contributed by atoms with Crippen molar-refractivity contribution in [3.63, 3.8) is 0 Å². The van der Waals surface area contributed by atoms with Crippen molar-refractivity contribution in [1.82, 2.24) is 5.32 Å². The minimum absolute atomic E-state index is 0.0805. The van der Waals surface area contributed by atoms with Crippen LogP contribution in [0.25, 0.3) is 0 Å². The van der Waals surface area contributed by atoms with E-state index in [-0.39, 0.29) is 16.8 Å². The van der Waals surface area contributed by atoms with Gasteiger partial charge in [-0.3, -0.25) is 9.59 Å². The Kier molecular flexibility index (Phi) is 6.27. The number of halogens is 3. The SMILES string of the molecule is COc1ccc(C(=O)Nc2ccccc2C(=O)NCC(F)(F)F)cc1OC. The Labute approximate surface area is 153 Å². The van der Waals surface area contributed by atoms with E-state index in [1.165, 1.54) is 50.6 Å². The van der Waals surface area contributed by atoms with Gasteiger partial charge >= 0.3 is 6.18 Å². The van der Waals surface area contributed by atoms with Gasteiger partial charge in [-0.05, 0) is 30.3 Å². The van der Waals surface area contributed by atoms with E-state index < -0.39 is 24.5 Å². The summed E-state index contributed by atoms with van der Waals surface area (Å²) in [5.41, 5.74) is 0.214. The number of ether oxygens (including phenoxy) is 2. The summed E-state index contributed by atoms with van der Waals surface area (Å²) in [6.07, 6.45) is -4.53. The number of carbonyl (C=O) groups excluding carboxylic acids is 2. The van der Waals surface area contributed by atoms with Crippen LogP contribution in [0, 0.1) is 0 Å². The van der Waals surface area contributed by atoms with Gasteiger partial charge in [0.25, 0.3) is 11.8 Å². The summed E-state index contributed by atoms with van der Waals surface area (Å²) in [5, 5.41) is 4.29. The molecule has 0 aliphatic heterocycles. The normalized spacial score (nSPS) is 10.9. The zero-order valence-electron chi connectivity index (χ0n) is 14.5. The molecule has 0 unspecified atom stereocenters. The molecule has 27 heavy (non-hydrogen) atoms. The number of benzene rings is 2. The van der Waals surface area contributed by atoms with Crippen LogP contribution >= 0.6 is 0 Å². The van der Waals surface area contributed by atoms with E-state index in [1.54, 1.807) is 11.4 Å². The second-order valence-electron chi connectivity index (χ2n) is 5.37. The summed E-state index contributed by atoms with van der Waals surface area (Å²) in [7, 11) is 2.87. The summed E-state index contributed by atoms with van der Waals surface area (Å²) < 4.78 is 47.1. The number of amides is 2. The Morgan fingerprint density at radius 1 is 0.963 bits per heavy atom. The highest BCUT2D eigenvalue weighted by atomic mass is 19.4. The molecule has 2 aromatic rings. The molecule has 144 valence electrons. The number of hydrogen-bond acceptors (Lipinski definition) is 4. The van der Waals surface area contributed by atoms with Crippen LogP contribution in [0.15, 0.2) is 42.5 Å². The molecule has 0 bridgehead atoms. The number of alkyl halides is 3. The molecule has 0 saturated carbocycles. The molecule has 2 N–H and O–H groups in total. The smallest absolute Gasteiger partial charge is 0.405 e. The molecule has 0 aromatic heterocycles. The first-order valence-electron chi connectivity index (χ1n) is 7.72. The second-order valence-corrected chi connectivity index (χ2v) is 5.37. The number of para-hydroxylation sites is 1. The van der Waals surface area contributed by atoms with Crippen molar-refractivity contribution in [2.24, 2.45) is 0 Å². The average Bonchev–Trinajstić information content (AvgIpc) is 2.65. The lowest BCUT2D eigenvalue weighted by atomic mass is 10.1. The largest absolute Gasteiger partial charge is 0.493 e. The maximum absolute atomic E-state index is 12.5. The van der Waals surface area contributed by atoms with Crippen molar-refractivity contribution in [2.45, 2.75) is 6.18 Å². The van der Waals surface area contributed by atoms with Crippen LogP contribution in [-0.2, 0) is 0 Å². The molecule has 0 fully saturated rings. The van der Waals surface area contributed by atoms with Crippen LogP contribution in [0.4, 0.5) is 18.9 Å². The summed E-state index contributed by atoms with van der Waals surface area (Å²) in [5.74, 6) is -0.745. The molecule has 9 heteroatoms. The van der Waals surface area contributed by atoms with Crippen LogP contribution < -0.4 is 20.1 Å². The fourth-order valence-corrected chi connectivity index (χ4v) is 2.24. The van der Waals surface area contributed by atoms with Gasteiger partial charge in [0.15, 0.2) is 11.5 Å². The molecule has 6 nitrogen and oxygen atoms in total. The van der Waals surface area contributed by atoms with Gasteiger partial charge in [0.05, 0.1) is 25.5 Å². The van der Waals surface area contributed by atoms with Crippen LogP contribution in [0.2, 0.25) is 0 Å². The van der Waals surface area contributed by atoms with Gasteiger partial charge in [-0.15, -0.1) is 0 Å². The third kappa shape index (κ3) is 5.37. The van der Waals surface area contributed by atoms with E-state index in [9.17, 15) is 22.8 Å². The molecule has 0 aliphatic rings. The summed E-state index contributed by atoms with van der Waals surface area (Å²) >= 11 is 0. The van der Waals surface area contributed by atoms with E-state index in [0.29, 0.717) is 11.5 Å². The Bertz CT molecular complexity index is 838. The van der Waals surface area contributed by atoms with Gasteiger partial charge in [0, 0.05) is 5.56 Å². The Morgan fingerprint density at radius 2 is 1.63 bits per heavy atom. The van der Waals surface area contributed by atoms with Gasteiger partial charge in [0.1, 0.15) is 6.54 Å². The first-order valence-corrected chi connectivity index (χ1v) is 7.72. The van der Waals surface area contributed by atoms with Crippen LogP contribution in [0.3, 0.4) is 0 Å².